The normalized spacial score (nSPS) is 23.2. The van der Waals surface area contributed by atoms with Gasteiger partial charge >= 0.3 is 0 Å². The monoisotopic (exact) mass is 646 g/mol. The Hall–Kier alpha value is -2.45. The second-order valence-corrected chi connectivity index (χ2v) is 12.8. The summed E-state index contributed by atoms with van der Waals surface area (Å²) in [7, 11) is 3.23. The van der Waals surface area contributed by atoms with E-state index in [1.807, 2.05) is 30.3 Å². The van der Waals surface area contributed by atoms with Gasteiger partial charge in [0, 0.05) is 44.4 Å². The molecule has 240 valence electrons. The van der Waals surface area contributed by atoms with Gasteiger partial charge in [0.2, 0.25) is 0 Å². The summed E-state index contributed by atoms with van der Waals surface area (Å²) in [4.78, 5) is 32.8. The highest BCUT2D eigenvalue weighted by molar-refractivity contribution is 6.32. The summed E-state index contributed by atoms with van der Waals surface area (Å²) < 4.78 is 21.2. The number of halogens is 2. The minimum Gasteiger partial charge on any atom is -0.495 e. The van der Waals surface area contributed by atoms with E-state index in [2.05, 4.69) is 6.07 Å². The van der Waals surface area contributed by atoms with Crippen LogP contribution in [0.25, 0.3) is 0 Å². The van der Waals surface area contributed by atoms with Gasteiger partial charge in [0.25, 0.3) is 0 Å². The van der Waals surface area contributed by atoms with Gasteiger partial charge in [0.05, 0.1) is 37.5 Å². The van der Waals surface area contributed by atoms with Crippen LogP contribution in [0.3, 0.4) is 0 Å². The maximum atomic E-state index is 11.2. The zero-order valence-corrected chi connectivity index (χ0v) is 27.3. The number of rotatable bonds is 5. The van der Waals surface area contributed by atoms with E-state index in [-0.39, 0.29) is 11.7 Å². The molecule has 2 aromatic carbocycles. The Morgan fingerprint density at radius 1 is 0.705 bits per heavy atom. The van der Waals surface area contributed by atoms with Gasteiger partial charge in [-0.25, -0.2) is 0 Å². The first-order chi connectivity index (χ1) is 21.3. The van der Waals surface area contributed by atoms with Crippen LogP contribution in [0.15, 0.2) is 36.4 Å². The highest BCUT2D eigenvalue weighted by Gasteiger charge is 2.39. The van der Waals surface area contributed by atoms with Gasteiger partial charge in [-0.2, -0.15) is 0 Å². The molecule has 3 saturated carbocycles. The summed E-state index contributed by atoms with van der Waals surface area (Å²) in [6, 6.07) is 11.9. The summed E-state index contributed by atoms with van der Waals surface area (Å²) in [6.07, 6.45) is 11.3. The van der Waals surface area contributed by atoms with E-state index in [0.717, 1.165) is 63.4 Å². The lowest BCUT2D eigenvalue weighted by Crippen LogP contribution is -2.35. The SMILES string of the molecule is COc1ccc(C2CCC(=O)CC2)cc1Cl.COc1ccc(C2CCC(C=O)CC2)cc1Cl.O=C1CCC2(CC1)OCCO2. The van der Waals surface area contributed by atoms with Crippen LogP contribution in [0.1, 0.15) is 100 Å². The lowest BCUT2D eigenvalue weighted by atomic mass is 9.79. The van der Waals surface area contributed by atoms with Crippen molar-refractivity contribution < 1.29 is 33.3 Å². The fraction of sp³-hybridized carbons (Fsp3) is 0.571. The number of ether oxygens (including phenoxy) is 4. The zero-order valence-electron chi connectivity index (χ0n) is 25.8. The Kier molecular flexibility index (Phi) is 13.1. The van der Waals surface area contributed by atoms with Gasteiger partial charge < -0.3 is 23.7 Å². The molecule has 2 aromatic rings. The van der Waals surface area contributed by atoms with E-state index in [0.29, 0.717) is 78.1 Å². The number of carbonyl (C=O) groups excluding carboxylic acids is 3. The third-order valence-corrected chi connectivity index (χ3v) is 9.78. The third-order valence-electron chi connectivity index (χ3n) is 9.19. The number of carbonyl (C=O) groups is 3. The van der Waals surface area contributed by atoms with Crippen molar-refractivity contribution in [1.29, 1.82) is 0 Å². The molecule has 1 saturated heterocycles. The van der Waals surface area contributed by atoms with Crippen LogP contribution in [-0.4, -0.2) is 51.1 Å². The quantitative estimate of drug-likeness (QED) is 0.302. The Bertz CT molecular complexity index is 1240. The topological polar surface area (TPSA) is 88.1 Å². The maximum Gasteiger partial charge on any atom is 0.169 e. The van der Waals surface area contributed by atoms with Crippen molar-refractivity contribution >= 4 is 41.1 Å². The van der Waals surface area contributed by atoms with E-state index in [4.69, 9.17) is 42.1 Å². The van der Waals surface area contributed by atoms with Crippen LogP contribution in [0.5, 0.6) is 11.5 Å². The standard InChI is InChI=1S/C14H17ClO2.C13H15ClO2.C8H12O3/c1-17-14-7-6-12(8-13(14)15)11-4-2-10(9-16)3-5-11;1-16-13-7-4-10(8-12(13)14)9-2-5-11(15)6-3-9;9-7-1-3-8(4-2-7)10-5-6-11-8/h6-11H,2-5H2,1H3;4,7-9H,2-3,5-6H2,1H3;1-6H2. The van der Waals surface area contributed by atoms with E-state index in [1.54, 1.807) is 14.2 Å². The number of hydrogen-bond donors (Lipinski definition) is 0. The Morgan fingerprint density at radius 2 is 1.16 bits per heavy atom. The molecule has 0 amide bonds. The molecule has 9 heteroatoms. The molecule has 3 aliphatic carbocycles. The highest BCUT2D eigenvalue weighted by atomic mass is 35.5. The van der Waals surface area contributed by atoms with Gasteiger partial charge in [0.15, 0.2) is 5.79 Å². The first-order valence-corrected chi connectivity index (χ1v) is 16.4. The van der Waals surface area contributed by atoms with Crippen molar-refractivity contribution in [1.82, 2.24) is 0 Å². The fourth-order valence-corrected chi connectivity index (χ4v) is 6.96. The smallest absolute Gasteiger partial charge is 0.169 e. The molecule has 0 bridgehead atoms. The van der Waals surface area contributed by atoms with Crippen molar-refractivity contribution in [3.05, 3.63) is 57.6 Å². The average molecular weight is 648 g/mol. The van der Waals surface area contributed by atoms with Crippen LogP contribution < -0.4 is 9.47 Å². The fourth-order valence-electron chi connectivity index (χ4n) is 6.43. The maximum absolute atomic E-state index is 11.2. The van der Waals surface area contributed by atoms with Crippen LogP contribution in [-0.2, 0) is 23.9 Å². The van der Waals surface area contributed by atoms with E-state index >= 15 is 0 Å². The summed E-state index contributed by atoms with van der Waals surface area (Å²) in [6.45, 7) is 1.38. The van der Waals surface area contributed by atoms with Gasteiger partial charge in [-0.1, -0.05) is 35.3 Å². The number of methoxy groups -OCH3 is 2. The second kappa shape index (κ2) is 16.7. The van der Waals surface area contributed by atoms with Crippen molar-refractivity contribution in [2.24, 2.45) is 5.92 Å². The molecule has 1 heterocycles. The largest absolute Gasteiger partial charge is 0.495 e. The predicted molar refractivity (Wildman–Crippen MR) is 171 cm³/mol. The lowest BCUT2D eigenvalue weighted by molar-refractivity contribution is -0.179. The number of ketones is 2. The van der Waals surface area contributed by atoms with Crippen LogP contribution in [0, 0.1) is 5.92 Å². The summed E-state index contributed by atoms with van der Waals surface area (Å²) in [5.74, 6) is 3.06. The number of Topliss-reactive ketones (excluding diaryl/α,β-unsaturated/α-hetero) is 2. The van der Waals surface area contributed by atoms with Gasteiger partial charge in [0.1, 0.15) is 29.4 Å². The molecule has 44 heavy (non-hydrogen) atoms. The predicted octanol–water partition coefficient (Wildman–Crippen LogP) is 8.27. The number of benzene rings is 2. The van der Waals surface area contributed by atoms with E-state index < -0.39 is 0 Å². The molecule has 0 radical (unpaired) electrons. The summed E-state index contributed by atoms with van der Waals surface area (Å²) in [5, 5.41) is 1.32. The molecular formula is C35H44Cl2O7. The molecule has 7 nitrogen and oxygen atoms in total. The summed E-state index contributed by atoms with van der Waals surface area (Å²) >= 11 is 12.2. The molecule has 4 aliphatic rings. The Labute approximate surface area is 270 Å². The molecule has 0 aromatic heterocycles. The molecule has 0 N–H and O–H groups in total. The Morgan fingerprint density at radius 3 is 1.59 bits per heavy atom. The third kappa shape index (κ3) is 9.53. The molecule has 0 unspecified atom stereocenters. The molecule has 1 aliphatic heterocycles. The van der Waals surface area contributed by atoms with Gasteiger partial charge in [-0.3, -0.25) is 9.59 Å². The minimum absolute atomic E-state index is 0.264. The number of aldehydes is 1. The van der Waals surface area contributed by atoms with E-state index in [1.165, 1.54) is 11.1 Å². The highest BCUT2D eigenvalue weighted by Crippen LogP contribution is 2.38. The zero-order chi connectivity index (χ0) is 31.5. The lowest BCUT2D eigenvalue weighted by Gasteiger charge is -2.30. The van der Waals surface area contributed by atoms with Crippen molar-refractivity contribution in [2.75, 3.05) is 27.4 Å². The van der Waals surface area contributed by atoms with Crippen LogP contribution in [0.4, 0.5) is 0 Å². The molecular weight excluding hydrogens is 603 g/mol. The van der Waals surface area contributed by atoms with Gasteiger partial charge in [-0.05, 0) is 85.8 Å². The molecule has 1 spiro atoms. The van der Waals surface area contributed by atoms with Crippen LogP contribution >= 0.6 is 23.2 Å². The van der Waals surface area contributed by atoms with Crippen molar-refractivity contribution in [3.63, 3.8) is 0 Å². The van der Waals surface area contributed by atoms with Gasteiger partial charge in [-0.15, -0.1) is 0 Å². The van der Waals surface area contributed by atoms with E-state index in [9.17, 15) is 14.4 Å². The average Bonchev–Trinajstić information content (AvgIpc) is 3.51. The summed E-state index contributed by atoms with van der Waals surface area (Å²) in [5.41, 5.74) is 2.48. The number of hydrogen-bond acceptors (Lipinski definition) is 7. The van der Waals surface area contributed by atoms with Crippen molar-refractivity contribution in [3.8, 4) is 11.5 Å². The Balaban J connectivity index is 0.000000154. The minimum atomic E-state index is -0.367. The molecule has 0 atom stereocenters. The molecule has 6 rings (SSSR count). The van der Waals surface area contributed by atoms with Crippen molar-refractivity contribution in [2.45, 2.75) is 94.7 Å². The first-order valence-electron chi connectivity index (χ1n) is 15.7. The first kappa shape index (κ1) is 34.4. The molecule has 4 fully saturated rings. The second-order valence-electron chi connectivity index (χ2n) is 12.0. The van der Waals surface area contributed by atoms with Crippen LogP contribution in [0.2, 0.25) is 10.0 Å².